The van der Waals surface area contributed by atoms with E-state index in [0.29, 0.717) is 17.4 Å². The molecular weight excluding hydrogens is 302 g/mol. The van der Waals surface area contributed by atoms with Crippen LogP contribution in [0.2, 0.25) is 0 Å². The molecule has 2 N–H and O–H groups in total. The lowest BCUT2D eigenvalue weighted by Crippen LogP contribution is -2.46. The van der Waals surface area contributed by atoms with Gasteiger partial charge in [-0.3, -0.25) is 9.59 Å². The predicted molar refractivity (Wildman–Crippen MR) is 78.8 cm³/mol. The van der Waals surface area contributed by atoms with Crippen molar-refractivity contribution in [3.63, 3.8) is 0 Å². The van der Waals surface area contributed by atoms with E-state index in [1.54, 1.807) is 29.3 Å². The fourth-order valence-corrected chi connectivity index (χ4v) is 2.68. The Morgan fingerprint density at radius 1 is 1.17 bits per heavy atom. The van der Waals surface area contributed by atoms with E-state index in [1.807, 2.05) is 0 Å². The summed E-state index contributed by atoms with van der Waals surface area (Å²) in [7, 11) is 0. The number of aromatic nitrogens is 2. The van der Waals surface area contributed by atoms with Crippen molar-refractivity contribution in [1.82, 2.24) is 9.97 Å². The van der Waals surface area contributed by atoms with Gasteiger partial charge in [-0.2, -0.15) is 0 Å². The van der Waals surface area contributed by atoms with Gasteiger partial charge in [-0.25, -0.2) is 9.97 Å². The summed E-state index contributed by atoms with van der Waals surface area (Å²) in [6, 6.07) is 5.16. The molecule has 2 aromatic rings. The second-order valence-corrected chi connectivity index (χ2v) is 5.43. The summed E-state index contributed by atoms with van der Waals surface area (Å²) in [5.74, 6) is -2.68. The number of nitrogens with zero attached hydrogens (tertiary/aromatic N) is 3. The maximum atomic E-state index is 11.3. The van der Waals surface area contributed by atoms with Gasteiger partial charge < -0.3 is 19.5 Å². The largest absolute Gasteiger partial charge is 0.481 e. The van der Waals surface area contributed by atoms with Crippen LogP contribution in [0.25, 0.3) is 11.5 Å². The number of carbonyl (C=O) groups is 2. The van der Waals surface area contributed by atoms with Crippen molar-refractivity contribution < 1.29 is 24.2 Å². The topological polar surface area (TPSA) is 117 Å². The number of hydrogen-bond acceptors (Lipinski definition) is 6. The summed E-state index contributed by atoms with van der Waals surface area (Å²) >= 11 is 0. The van der Waals surface area contributed by atoms with Gasteiger partial charge in [0.15, 0.2) is 5.76 Å². The first-order chi connectivity index (χ1) is 11.0. The van der Waals surface area contributed by atoms with Crippen molar-refractivity contribution >= 4 is 17.9 Å². The fraction of sp³-hybridized carbons (Fsp3) is 0.333. The quantitative estimate of drug-likeness (QED) is 0.868. The highest BCUT2D eigenvalue weighted by atomic mass is 16.4. The molecule has 1 aliphatic rings. The monoisotopic (exact) mass is 317 g/mol. The van der Waals surface area contributed by atoms with E-state index in [1.165, 1.54) is 6.26 Å². The van der Waals surface area contributed by atoms with E-state index in [0.717, 1.165) is 0 Å². The van der Waals surface area contributed by atoms with Gasteiger partial charge >= 0.3 is 11.9 Å². The minimum atomic E-state index is -1.01. The van der Waals surface area contributed by atoms with Gasteiger partial charge in [0.05, 0.1) is 18.1 Å². The third-order valence-corrected chi connectivity index (χ3v) is 3.85. The smallest absolute Gasteiger partial charge is 0.308 e. The van der Waals surface area contributed by atoms with Crippen LogP contribution in [-0.2, 0) is 9.59 Å². The number of hydrogen-bond donors (Lipinski definition) is 2. The van der Waals surface area contributed by atoms with Crippen LogP contribution in [0.5, 0.6) is 0 Å². The Morgan fingerprint density at radius 2 is 1.87 bits per heavy atom. The molecular formula is C15H15N3O5. The highest BCUT2D eigenvalue weighted by Gasteiger charge is 2.36. The summed E-state index contributed by atoms with van der Waals surface area (Å²) in [6.45, 7) is 0.363. The first-order valence-electron chi connectivity index (χ1n) is 7.12. The van der Waals surface area contributed by atoms with Crippen molar-refractivity contribution in [2.24, 2.45) is 11.8 Å². The van der Waals surface area contributed by atoms with E-state index in [9.17, 15) is 19.8 Å². The van der Waals surface area contributed by atoms with E-state index >= 15 is 0 Å². The summed E-state index contributed by atoms with van der Waals surface area (Å²) in [6.07, 6.45) is 3.18. The molecule has 3 rings (SSSR count). The number of furan rings is 1. The van der Waals surface area contributed by atoms with Gasteiger partial charge in [0.1, 0.15) is 5.69 Å². The highest BCUT2D eigenvalue weighted by Crippen LogP contribution is 2.26. The molecule has 120 valence electrons. The molecule has 2 unspecified atom stereocenters. The average molecular weight is 317 g/mol. The van der Waals surface area contributed by atoms with Crippen LogP contribution in [0.1, 0.15) is 6.42 Å². The molecule has 3 heterocycles. The van der Waals surface area contributed by atoms with Crippen molar-refractivity contribution in [1.29, 1.82) is 0 Å². The lowest BCUT2D eigenvalue weighted by atomic mass is 9.89. The molecule has 2 atom stereocenters. The minimum absolute atomic E-state index is 0.110. The fourth-order valence-electron chi connectivity index (χ4n) is 2.68. The second kappa shape index (κ2) is 6.07. The van der Waals surface area contributed by atoms with Gasteiger partial charge in [0.2, 0.25) is 5.95 Å². The number of carboxylic acid groups (broad SMARTS) is 2. The Hall–Kier alpha value is -2.90. The van der Waals surface area contributed by atoms with Gasteiger partial charge in [-0.15, -0.1) is 0 Å². The van der Waals surface area contributed by atoms with Crippen LogP contribution in [0.3, 0.4) is 0 Å². The van der Waals surface area contributed by atoms with E-state index < -0.39 is 23.8 Å². The first kappa shape index (κ1) is 15.0. The molecule has 0 saturated carbocycles. The molecule has 1 fully saturated rings. The van der Waals surface area contributed by atoms with Gasteiger partial charge in [-0.05, 0) is 24.6 Å². The Morgan fingerprint density at radius 3 is 2.43 bits per heavy atom. The normalized spacial score (nSPS) is 21.1. The van der Waals surface area contributed by atoms with Crippen LogP contribution in [0, 0.1) is 11.8 Å². The zero-order valence-electron chi connectivity index (χ0n) is 12.1. The van der Waals surface area contributed by atoms with Crippen molar-refractivity contribution in [2.75, 3.05) is 18.0 Å². The lowest BCUT2D eigenvalue weighted by Gasteiger charge is -2.34. The van der Waals surface area contributed by atoms with Crippen molar-refractivity contribution in [2.45, 2.75) is 6.42 Å². The summed E-state index contributed by atoms with van der Waals surface area (Å²) in [4.78, 5) is 32.7. The molecule has 2 aromatic heterocycles. The Kier molecular flexibility index (Phi) is 3.96. The molecule has 1 aliphatic heterocycles. The minimum Gasteiger partial charge on any atom is -0.481 e. The first-order valence-corrected chi connectivity index (χ1v) is 7.12. The SMILES string of the molecule is O=C(O)C1CC(C(=O)O)CN(c2nccc(-c3ccco3)n2)C1. The van der Waals surface area contributed by atoms with Gasteiger partial charge in [0, 0.05) is 19.3 Å². The van der Waals surface area contributed by atoms with E-state index in [2.05, 4.69) is 9.97 Å². The Labute approximate surface area is 131 Å². The zero-order valence-corrected chi connectivity index (χ0v) is 12.1. The number of rotatable bonds is 4. The number of aliphatic carboxylic acids is 2. The Bertz CT molecular complexity index is 694. The van der Waals surface area contributed by atoms with E-state index in [-0.39, 0.29) is 19.5 Å². The van der Waals surface area contributed by atoms with Crippen LogP contribution in [0.4, 0.5) is 5.95 Å². The van der Waals surface area contributed by atoms with Crippen LogP contribution in [-0.4, -0.2) is 45.2 Å². The second-order valence-electron chi connectivity index (χ2n) is 5.43. The molecule has 8 nitrogen and oxygen atoms in total. The predicted octanol–water partition coefficient (Wildman–Crippen LogP) is 1.35. The third-order valence-electron chi connectivity index (χ3n) is 3.85. The molecule has 23 heavy (non-hydrogen) atoms. The molecule has 8 heteroatoms. The van der Waals surface area contributed by atoms with Crippen molar-refractivity contribution in [3.8, 4) is 11.5 Å². The number of piperidine rings is 1. The van der Waals surface area contributed by atoms with Gasteiger partial charge in [-0.1, -0.05) is 0 Å². The Balaban J connectivity index is 1.89. The standard InChI is InChI=1S/C15H15N3O5/c19-13(20)9-6-10(14(21)22)8-18(7-9)15-16-4-3-11(17-15)12-2-1-5-23-12/h1-5,9-10H,6-8H2,(H,19,20)(H,21,22). The average Bonchev–Trinajstić information content (AvgIpc) is 3.09. The third kappa shape index (κ3) is 3.15. The molecule has 0 radical (unpaired) electrons. The molecule has 0 bridgehead atoms. The molecule has 0 aliphatic carbocycles. The maximum Gasteiger partial charge on any atom is 0.308 e. The molecule has 0 aromatic carbocycles. The highest BCUT2D eigenvalue weighted by molar-refractivity contribution is 5.76. The molecule has 0 amide bonds. The summed E-state index contributed by atoms with van der Waals surface area (Å²) < 4.78 is 5.28. The zero-order chi connectivity index (χ0) is 16.4. The van der Waals surface area contributed by atoms with Crippen LogP contribution in [0.15, 0.2) is 35.1 Å². The van der Waals surface area contributed by atoms with Gasteiger partial charge in [0.25, 0.3) is 0 Å². The summed E-state index contributed by atoms with van der Waals surface area (Å²) in [5, 5.41) is 18.5. The molecule has 1 saturated heterocycles. The van der Waals surface area contributed by atoms with Crippen LogP contribution >= 0.6 is 0 Å². The lowest BCUT2D eigenvalue weighted by molar-refractivity contribution is -0.146. The summed E-state index contributed by atoms with van der Waals surface area (Å²) in [5.41, 5.74) is 0.560. The van der Waals surface area contributed by atoms with Crippen molar-refractivity contribution in [3.05, 3.63) is 30.7 Å². The maximum absolute atomic E-state index is 11.3. The number of carboxylic acids is 2. The molecule has 0 spiro atoms. The van der Waals surface area contributed by atoms with Crippen LogP contribution < -0.4 is 4.90 Å². The van der Waals surface area contributed by atoms with E-state index in [4.69, 9.17) is 4.42 Å². The number of anilines is 1.